The normalized spacial score (nSPS) is 12.1. The fourth-order valence-corrected chi connectivity index (χ4v) is 1.39. The highest BCUT2D eigenvalue weighted by molar-refractivity contribution is 5.48. The Kier molecular flexibility index (Phi) is 4.86. The number of rotatable bonds is 6. The van der Waals surface area contributed by atoms with E-state index in [2.05, 4.69) is 6.58 Å². The highest BCUT2D eigenvalue weighted by atomic mass is 16.5. The minimum atomic E-state index is -0.336. The molecule has 1 unspecified atom stereocenters. The van der Waals surface area contributed by atoms with Crippen LogP contribution in [0.15, 0.2) is 30.9 Å². The van der Waals surface area contributed by atoms with E-state index in [-0.39, 0.29) is 6.10 Å². The lowest BCUT2D eigenvalue weighted by molar-refractivity contribution is 0.155. The molecule has 0 aliphatic rings. The Hall–Kier alpha value is -1.48. The van der Waals surface area contributed by atoms with Gasteiger partial charge in [0.05, 0.1) is 12.7 Å². The number of nitrogen functional groups attached to an aromatic ring is 1. The molecule has 16 heavy (non-hydrogen) atoms. The SMILES string of the molecule is C=CCc1cc(N)ccc1OCCC(C)O. The number of ether oxygens (including phenoxy) is 1. The maximum atomic E-state index is 9.13. The van der Waals surface area contributed by atoms with E-state index in [1.54, 1.807) is 6.92 Å². The third-order valence-corrected chi connectivity index (χ3v) is 2.24. The lowest BCUT2D eigenvalue weighted by Crippen LogP contribution is -2.08. The number of anilines is 1. The first-order valence-corrected chi connectivity index (χ1v) is 5.43. The largest absolute Gasteiger partial charge is 0.493 e. The van der Waals surface area contributed by atoms with Crippen molar-refractivity contribution in [3.63, 3.8) is 0 Å². The second-order valence-corrected chi connectivity index (χ2v) is 3.85. The standard InChI is InChI=1S/C13H19NO2/c1-3-4-11-9-12(14)5-6-13(11)16-8-7-10(2)15/h3,5-6,9-10,15H,1,4,7-8,14H2,2H3. The number of benzene rings is 1. The van der Waals surface area contributed by atoms with Crippen LogP contribution in [0.1, 0.15) is 18.9 Å². The number of hydrogen-bond donors (Lipinski definition) is 2. The Morgan fingerprint density at radius 2 is 2.31 bits per heavy atom. The molecule has 0 spiro atoms. The first-order chi connectivity index (χ1) is 7.63. The summed E-state index contributed by atoms with van der Waals surface area (Å²) in [5.74, 6) is 0.815. The van der Waals surface area contributed by atoms with Crippen molar-refractivity contribution in [2.24, 2.45) is 0 Å². The number of allylic oxidation sites excluding steroid dienone is 1. The molecule has 1 aromatic rings. The molecule has 0 saturated heterocycles. The van der Waals surface area contributed by atoms with Gasteiger partial charge in [0.15, 0.2) is 0 Å². The average Bonchev–Trinajstić information content (AvgIpc) is 2.21. The van der Waals surface area contributed by atoms with Crippen LogP contribution >= 0.6 is 0 Å². The monoisotopic (exact) mass is 221 g/mol. The molecule has 1 aromatic carbocycles. The molecule has 1 rings (SSSR count). The van der Waals surface area contributed by atoms with E-state index in [4.69, 9.17) is 15.6 Å². The first-order valence-electron chi connectivity index (χ1n) is 5.43. The highest BCUT2D eigenvalue weighted by Gasteiger charge is 2.04. The van der Waals surface area contributed by atoms with Crippen LogP contribution in [-0.4, -0.2) is 17.8 Å². The van der Waals surface area contributed by atoms with Crippen molar-refractivity contribution in [3.05, 3.63) is 36.4 Å². The van der Waals surface area contributed by atoms with E-state index in [0.29, 0.717) is 13.0 Å². The maximum Gasteiger partial charge on any atom is 0.122 e. The lowest BCUT2D eigenvalue weighted by atomic mass is 10.1. The van der Waals surface area contributed by atoms with Gasteiger partial charge in [-0.2, -0.15) is 0 Å². The summed E-state index contributed by atoms with van der Waals surface area (Å²) in [5.41, 5.74) is 7.46. The summed E-state index contributed by atoms with van der Waals surface area (Å²) in [6.07, 6.45) is 2.83. The summed E-state index contributed by atoms with van der Waals surface area (Å²) in [5, 5.41) is 9.13. The van der Waals surface area contributed by atoms with Crippen molar-refractivity contribution in [2.75, 3.05) is 12.3 Å². The minimum absolute atomic E-state index is 0.336. The van der Waals surface area contributed by atoms with Crippen LogP contribution in [0, 0.1) is 0 Å². The molecule has 0 bridgehead atoms. The van der Waals surface area contributed by atoms with Crippen molar-refractivity contribution >= 4 is 5.69 Å². The van der Waals surface area contributed by atoms with Crippen LogP contribution < -0.4 is 10.5 Å². The molecule has 1 atom stereocenters. The molecule has 0 fully saturated rings. The molecule has 0 heterocycles. The summed E-state index contributed by atoms with van der Waals surface area (Å²) < 4.78 is 5.59. The first kappa shape index (κ1) is 12.6. The van der Waals surface area contributed by atoms with Crippen molar-refractivity contribution in [1.82, 2.24) is 0 Å². The predicted molar refractivity (Wildman–Crippen MR) is 66.5 cm³/mol. The fraction of sp³-hybridized carbons (Fsp3) is 0.385. The summed E-state index contributed by atoms with van der Waals surface area (Å²) in [7, 11) is 0. The molecule has 0 radical (unpaired) electrons. The van der Waals surface area contributed by atoms with Crippen LogP contribution in [-0.2, 0) is 6.42 Å². The minimum Gasteiger partial charge on any atom is -0.493 e. The topological polar surface area (TPSA) is 55.5 Å². The predicted octanol–water partition coefficient (Wildman–Crippen LogP) is 2.15. The van der Waals surface area contributed by atoms with Gasteiger partial charge in [-0.1, -0.05) is 6.08 Å². The number of aliphatic hydroxyl groups excluding tert-OH is 1. The smallest absolute Gasteiger partial charge is 0.122 e. The van der Waals surface area contributed by atoms with E-state index >= 15 is 0 Å². The van der Waals surface area contributed by atoms with Crippen molar-refractivity contribution < 1.29 is 9.84 Å². The second-order valence-electron chi connectivity index (χ2n) is 3.85. The lowest BCUT2D eigenvalue weighted by Gasteiger charge is -2.12. The molecule has 0 aliphatic carbocycles. The van der Waals surface area contributed by atoms with E-state index in [1.165, 1.54) is 0 Å². The Morgan fingerprint density at radius 1 is 1.56 bits per heavy atom. The number of hydrogen-bond acceptors (Lipinski definition) is 3. The van der Waals surface area contributed by atoms with Gasteiger partial charge in [-0.15, -0.1) is 6.58 Å². The molecule has 0 aliphatic heterocycles. The third-order valence-electron chi connectivity index (χ3n) is 2.24. The number of nitrogens with two attached hydrogens (primary N) is 1. The summed E-state index contributed by atoms with van der Waals surface area (Å²) in [6, 6.07) is 5.56. The van der Waals surface area contributed by atoms with Gasteiger partial charge in [-0.05, 0) is 37.1 Å². The van der Waals surface area contributed by atoms with Crippen LogP contribution in [0.3, 0.4) is 0 Å². The zero-order valence-electron chi connectivity index (χ0n) is 9.65. The average molecular weight is 221 g/mol. The van der Waals surface area contributed by atoms with Crippen LogP contribution in [0.2, 0.25) is 0 Å². The molecule has 0 saturated carbocycles. The summed E-state index contributed by atoms with van der Waals surface area (Å²) >= 11 is 0. The fourth-order valence-electron chi connectivity index (χ4n) is 1.39. The van der Waals surface area contributed by atoms with E-state index in [9.17, 15) is 0 Å². The Bertz CT molecular complexity index is 348. The van der Waals surface area contributed by atoms with Gasteiger partial charge in [0, 0.05) is 12.1 Å². The van der Waals surface area contributed by atoms with E-state index < -0.39 is 0 Å². The zero-order valence-corrected chi connectivity index (χ0v) is 9.65. The molecule has 88 valence electrons. The molecule has 3 N–H and O–H groups in total. The summed E-state index contributed by atoms with van der Waals surface area (Å²) in [6.45, 7) is 5.95. The second kappa shape index (κ2) is 6.18. The van der Waals surface area contributed by atoms with Crippen molar-refractivity contribution in [2.45, 2.75) is 25.9 Å². The van der Waals surface area contributed by atoms with Gasteiger partial charge >= 0.3 is 0 Å². The Morgan fingerprint density at radius 3 is 2.94 bits per heavy atom. The van der Waals surface area contributed by atoms with Gasteiger partial charge < -0.3 is 15.6 Å². The van der Waals surface area contributed by atoms with E-state index in [0.717, 1.165) is 23.4 Å². The molecular weight excluding hydrogens is 202 g/mol. The molecule has 0 amide bonds. The highest BCUT2D eigenvalue weighted by Crippen LogP contribution is 2.22. The van der Waals surface area contributed by atoms with Gasteiger partial charge in [0.25, 0.3) is 0 Å². The summed E-state index contributed by atoms with van der Waals surface area (Å²) in [4.78, 5) is 0. The molecular formula is C13H19NO2. The quantitative estimate of drug-likeness (QED) is 0.571. The van der Waals surface area contributed by atoms with Gasteiger partial charge in [-0.25, -0.2) is 0 Å². The Labute approximate surface area is 96.5 Å². The Balaban J connectivity index is 2.66. The van der Waals surface area contributed by atoms with Crippen LogP contribution in [0.4, 0.5) is 5.69 Å². The maximum absolute atomic E-state index is 9.13. The van der Waals surface area contributed by atoms with Crippen molar-refractivity contribution in [3.8, 4) is 5.75 Å². The van der Waals surface area contributed by atoms with Crippen molar-refractivity contribution in [1.29, 1.82) is 0 Å². The molecule has 3 heteroatoms. The zero-order chi connectivity index (χ0) is 12.0. The number of aliphatic hydroxyl groups is 1. The molecule has 0 aromatic heterocycles. The third kappa shape index (κ3) is 3.95. The van der Waals surface area contributed by atoms with Gasteiger partial charge in [-0.3, -0.25) is 0 Å². The van der Waals surface area contributed by atoms with Crippen LogP contribution in [0.25, 0.3) is 0 Å². The van der Waals surface area contributed by atoms with Gasteiger partial charge in [0.1, 0.15) is 5.75 Å². The molecule has 3 nitrogen and oxygen atoms in total. The van der Waals surface area contributed by atoms with E-state index in [1.807, 2.05) is 24.3 Å². The van der Waals surface area contributed by atoms with Gasteiger partial charge in [0.2, 0.25) is 0 Å². The van der Waals surface area contributed by atoms with Crippen LogP contribution in [0.5, 0.6) is 5.75 Å².